The Morgan fingerprint density at radius 2 is 1.91 bits per heavy atom. The van der Waals surface area contributed by atoms with Gasteiger partial charge in [0.15, 0.2) is 0 Å². The highest BCUT2D eigenvalue weighted by molar-refractivity contribution is 6.47. The minimum absolute atomic E-state index is 0.111. The van der Waals surface area contributed by atoms with Crippen molar-refractivity contribution in [3.63, 3.8) is 0 Å². The van der Waals surface area contributed by atoms with Crippen LogP contribution in [-0.2, 0) is 15.7 Å². The van der Waals surface area contributed by atoms with Crippen molar-refractivity contribution >= 4 is 7.12 Å². The van der Waals surface area contributed by atoms with Crippen LogP contribution < -0.4 is 5.73 Å². The topological polar surface area (TPSA) is 44.5 Å². The van der Waals surface area contributed by atoms with Crippen molar-refractivity contribution in [1.82, 2.24) is 0 Å². The molecule has 1 saturated heterocycles. The quantitative estimate of drug-likeness (QED) is 0.872. The Labute approximate surface area is 140 Å². The van der Waals surface area contributed by atoms with Crippen molar-refractivity contribution in [2.24, 2.45) is 23.0 Å². The minimum atomic E-state index is -0.276. The third kappa shape index (κ3) is 2.30. The molecule has 3 nitrogen and oxygen atoms in total. The van der Waals surface area contributed by atoms with Crippen LogP contribution in [0.2, 0.25) is 0 Å². The normalized spacial score (nSPS) is 38.8. The van der Waals surface area contributed by atoms with Crippen molar-refractivity contribution in [2.45, 2.75) is 64.6 Å². The molecule has 23 heavy (non-hydrogen) atoms. The lowest BCUT2D eigenvalue weighted by Crippen LogP contribution is -2.65. The third-order valence-corrected chi connectivity index (χ3v) is 6.91. The van der Waals surface area contributed by atoms with Crippen LogP contribution in [0.5, 0.6) is 0 Å². The first kappa shape index (κ1) is 15.7. The Hall–Kier alpha value is -0.835. The van der Waals surface area contributed by atoms with Crippen molar-refractivity contribution in [3.05, 3.63) is 35.4 Å². The number of hydrogen-bond acceptors (Lipinski definition) is 3. The van der Waals surface area contributed by atoms with E-state index in [-0.39, 0.29) is 24.8 Å². The maximum absolute atomic E-state index is 6.45. The van der Waals surface area contributed by atoms with Crippen LogP contribution in [0.1, 0.15) is 44.7 Å². The highest BCUT2D eigenvalue weighted by Crippen LogP contribution is 2.65. The van der Waals surface area contributed by atoms with Crippen molar-refractivity contribution in [2.75, 3.05) is 0 Å². The van der Waals surface area contributed by atoms with Crippen LogP contribution in [0.4, 0.5) is 0 Å². The predicted molar refractivity (Wildman–Crippen MR) is 93.0 cm³/mol. The molecule has 3 aliphatic carbocycles. The molecular weight excluding hydrogens is 285 g/mol. The summed E-state index contributed by atoms with van der Waals surface area (Å²) in [5, 5.41) is 0. The molecule has 0 radical (unpaired) electrons. The summed E-state index contributed by atoms with van der Waals surface area (Å²) in [6.07, 6.45) is 3.41. The monoisotopic (exact) mass is 313 g/mol. The number of rotatable bonds is 3. The lowest BCUT2D eigenvalue weighted by atomic mass is 9.43. The average molecular weight is 313 g/mol. The van der Waals surface area contributed by atoms with Gasteiger partial charge >= 0.3 is 7.12 Å². The molecule has 0 amide bonds. The molecule has 1 aromatic carbocycles. The molecule has 1 heterocycles. The molecule has 4 aliphatic rings. The average Bonchev–Trinajstić information content (AvgIpc) is 2.86. The zero-order chi connectivity index (χ0) is 16.4. The molecule has 4 heteroatoms. The molecule has 3 saturated carbocycles. The van der Waals surface area contributed by atoms with Crippen LogP contribution in [0.25, 0.3) is 0 Å². The van der Waals surface area contributed by atoms with Crippen LogP contribution >= 0.6 is 0 Å². The predicted octanol–water partition coefficient (Wildman–Crippen LogP) is 3.13. The Balaban J connectivity index is 1.47. The van der Waals surface area contributed by atoms with E-state index >= 15 is 0 Å². The number of hydrogen-bond donors (Lipinski definition) is 1. The van der Waals surface area contributed by atoms with Gasteiger partial charge in [-0.2, -0.15) is 0 Å². The van der Waals surface area contributed by atoms with Gasteiger partial charge in [-0.05, 0) is 55.9 Å². The van der Waals surface area contributed by atoms with E-state index in [4.69, 9.17) is 15.0 Å². The summed E-state index contributed by atoms with van der Waals surface area (Å²) in [4.78, 5) is 0. The fraction of sp³-hybridized carbons (Fsp3) is 0.684. The number of nitrogens with two attached hydrogens (primary N) is 1. The van der Waals surface area contributed by atoms with Crippen molar-refractivity contribution in [1.29, 1.82) is 0 Å². The maximum atomic E-state index is 6.45. The summed E-state index contributed by atoms with van der Waals surface area (Å²) >= 11 is 0. The van der Waals surface area contributed by atoms with E-state index in [0.29, 0.717) is 11.3 Å². The number of benzene rings is 1. The first-order valence-electron chi connectivity index (χ1n) is 8.95. The summed E-state index contributed by atoms with van der Waals surface area (Å²) in [5.41, 5.74) is 9.18. The second kappa shape index (κ2) is 5.08. The highest BCUT2D eigenvalue weighted by Gasteiger charge is 2.68. The minimum Gasteiger partial charge on any atom is -0.404 e. The van der Waals surface area contributed by atoms with Crippen LogP contribution in [0.3, 0.4) is 0 Å². The van der Waals surface area contributed by atoms with Gasteiger partial charge in [0.2, 0.25) is 0 Å². The van der Waals surface area contributed by atoms with Gasteiger partial charge in [-0.3, -0.25) is 0 Å². The molecule has 2 bridgehead atoms. The summed E-state index contributed by atoms with van der Waals surface area (Å²) < 4.78 is 12.7. The lowest BCUT2D eigenvalue weighted by molar-refractivity contribution is -0.199. The van der Waals surface area contributed by atoms with Crippen LogP contribution in [-0.4, -0.2) is 24.8 Å². The van der Waals surface area contributed by atoms with E-state index in [0.717, 1.165) is 18.8 Å². The van der Waals surface area contributed by atoms with Gasteiger partial charge in [-0.25, -0.2) is 0 Å². The molecule has 1 aromatic rings. The van der Waals surface area contributed by atoms with E-state index in [2.05, 4.69) is 52.0 Å². The van der Waals surface area contributed by atoms with Crippen LogP contribution in [0.15, 0.2) is 24.3 Å². The Morgan fingerprint density at radius 3 is 2.57 bits per heavy atom. The largest absolute Gasteiger partial charge is 0.475 e. The summed E-state index contributed by atoms with van der Waals surface area (Å²) in [7, 11) is -0.276. The van der Waals surface area contributed by atoms with Gasteiger partial charge in [0.05, 0.1) is 11.7 Å². The summed E-state index contributed by atoms with van der Waals surface area (Å²) in [5.74, 6) is 1.26. The molecule has 124 valence electrons. The van der Waals surface area contributed by atoms with Crippen LogP contribution in [0, 0.1) is 24.2 Å². The fourth-order valence-electron chi connectivity index (χ4n) is 5.17. The second-order valence-electron chi connectivity index (χ2n) is 8.69. The highest BCUT2D eigenvalue weighted by atomic mass is 16.7. The van der Waals surface area contributed by atoms with E-state index in [9.17, 15) is 0 Å². The molecular formula is C19H28BNO2. The standard InChI is InChI=1S/C19H28BNO2/c1-12-5-7-13(8-6-12)9-17(21)20-22-16-11-14-10-15(18(14,2)3)19(16,4)23-20/h5-8,14-17H,9-11,21H2,1-4H3/t14-,15-,16+,17?,19-/m0/s1. The van der Waals surface area contributed by atoms with Crippen molar-refractivity contribution in [3.8, 4) is 0 Å². The van der Waals surface area contributed by atoms with Gasteiger partial charge in [-0.15, -0.1) is 0 Å². The molecule has 1 aliphatic heterocycles. The van der Waals surface area contributed by atoms with Gasteiger partial charge in [-0.1, -0.05) is 43.7 Å². The first-order valence-corrected chi connectivity index (χ1v) is 8.95. The van der Waals surface area contributed by atoms with E-state index < -0.39 is 0 Å². The third-order valence-electron chi connectivity index (χ3n) is 6.91. The zero-order valence-electron chi connectivity index (χ0n) is 14.7. The molecule has 1 unspecified atom stereocenters. The van der Waals surface area contributed by atoms with Gasteiger partial charge < -0.3 is 15.0 Å². The van der Waals surface area contributed by atoms with E-state index in [1.807, 2.05) is 0 Å². The first-order chi connectivity index (χ1) is 10.8. The summed E-state index contributed by atoms with van der Waals surface area (Å²) in [6, 6.07) is 8.57. The Bertz CT molecular complexity index is 602. The summed E-state index contributed by atoms with van der Waals surface area (Å²) in [6.45, 7) is 9.12. The lowest BCUT2D eigenvalue weighted by Gasteiger charge is -2.64. The molecule has 2 N–H and O–H groups in total. The molecule has 0 spiro atoms. The van der Waals surface area contributed by atoms with Crippen molar-refractivity contribution < 1.29 is 9.31 Å². The fourth-order valence-corrected chi connectivity index (χ4v) is 5.17. The molecule has 4 fully saturated rings. The number of aryl methyl sites for hydroxylation is 1. The van der Waals surface area contributed by atoms with E-state index in [1.54, 1.807) is 0 Å². The van der Waals surface area contributed by atoms with Gasteiger partial charge in [0.25, 0.3) is 0 Å². The SMILES string of the molecule is Cc1ccc(CC(N)B2O[C@@H]3C[C@@H]4C[C@@H](C4(C)C)[C@]3(C)O2)cc1. The Kier molecular flexibility index (Phi) is 3.46. The van der Waals surface area contributed by atoms with Gasteiger partial charge in [0.1, 0.15) is 0 Å². The smallest absolute Gasteiger partial charge is 0.404 e. The zero-order valence-corrected chi connectivity index (χ0v) is 14.7. The maximum Gasteiger partial charge on any atom is 0.475 e. The Morgan fingerprint density at radius 1 is 1.22 bits per heavy atom. The molecule has 0 aromatic heterocycles. The van der Waals surface area contributed by atoms with Gasteiger partial charge in [0, 0.05) is 5.94 Å². The van der Waals surface area contributed by atoms with E-state index in [1.165, 1.54) is 17.5 Å². The second-order valence-corrected chi connectivity index (χ2v) is 8.69. The molecule has 5 atom stereocenters. The molecule has 5 rings (SSSR count).